The molecule has 2 aliphatic heterocycles. The number of carbonyl (C=O) groups is 1. The second-order valence-electron chi connectivity index (χ2n) is 11.5. The molecule has 8 nitrogen and oxygen atoms in total. The summed E-state index contributed by atoms with van der Waals surface area (Å²) in [7, 11) is 1.54. The first-order chi connectivity index (χ1) is 19.7. The molecule has 2 aromatic rings. The number of nitrogens with one attached hydrogen (secondary N) is 1. The van der Waals surface area contributed by atoms with Crippen molar-refractivity contribution in [2.45, 2.75) is 70.0 Å². The number of rotatable bonds is 10. The van der Waals surface area contributed by atoms with E-state index in [9.17, 15) is 13.6 Å². The first-order valence-corrected chi connectivity index (χ1v) is 14.2. The third kappa shape index (κ3) is 6.42. The number of methoxy groups -OCH3 is 1. The van der Waals surface area contributed by atoms with Gasteiger partial charge in [-0.2, -0.15) is 5.10 Å². The molecule has 1 amide bonds. The van der Waals surface area contributed by atoms with E-state index >= 15 is 4.39 Å². The first-order valence-electron chi connectivity index (χ1n) is 14.2. The minimum atomic E-state index is -1.13. The molecule has 0 spiro atoms. The molecule has 2 fully saturated rings. The zero-order valence-corrected chi connectivity index (χ0v) is 23.8. The Morgan fingerprint density at radius 1 is 1.24 bits per heavy atom. The summed E-state index contributed by atoms with van der Waals surface area (Å²) in [5.74, 6) is -1.31. The van der Waals surface area contributed by atoms with Crippen LogP contribution in [0.3, 0.4) is 0 Å². The normalized spacial score (nSPS) is 24.0. The molecule has 2 saturated heterocycles. The van der Waals surface area contributed by atoms with Crippen LogP contribution in [0.25, 0.3) is 5.57 Å². The van der Waals surface area contributed by atoms with E-state index in [0.29, 0.717) is 25.4 Å². The largest absolute Gasteiger partial charge is 0.376 e. The fourth-order valence-corrected chi connectivity index (χ4v) is 5.75. The molecule has 1 N–H and O–H groups in total. The lowest BCUT2D eigenvalue weighted by molar-refractivity contribution is -0.153. The Balaban J connectivity index is 1.65. The first kappa shape index (κ1) is 29.5. The molecule has 1 aromatic heterocycles. The molecule has 222 valence electrons. The maximum absolute atomic E-state index is 15.0. The Labute approximate surface area is 238 Å². The Bertz CT molecular complexity index is 1290. The molecule has 4 unspecified atom stereocenters. The molecular weight excluding hydrogens is 535 g/mol. The van der Waals surface area contributed by atoms with Crippen molar-refractivity contribution in [2.24, 2.45) is 5.92 Å². The zero-order valence-electron chi connectivity index (χ0n) is 23.8. The van der Waals surface area contributed by atoms with E-state index in [4.69, 9.17) is 14.5 Å². The van der Waals surface area contributed by atoms with Gasteiger partial charge in [-0.3, -0.25) is 4.79 Å². The SMILES string of the molecule is COC(C)(C)C(c1nc(C2=C(F)CCC(F)=C2)nn1Cc1ccccc1)N(CC1CNCC1F)C(=O)C1CCCO1. The summed E-state index contributed by atoms with van der Waals surface area (Å²) in [6.45, 7) is 5.12. The average Bonchev–Trinajstić information content (AvgIpc) is 3.72. The van der Waals surface area contributed by atoms with E-state index in [1.807, 2.05) is 44.2 Å². The molecule has 5 rings (SSSR count). The second kappa shape index (κ2) is 12.5. The predicted molar refractivity (Wildman–Crippen MR) is 148 cm³/mol. The topological polar surface area (TPSA) is 81.5 Å². The van der Waals surface area contributed by atoms with Crippen LogP contribution in [0, 0.1) is 5.92 Å². The smallest absolute Gasteiger partial charge is 0.252 e. The van der Waals surface area contributed by atoms with Crippen molar-refractivity contribution in [1.82, 2.24) is 25.0 Å². The molecule has 3 aliphatic rings. The van der Waals surface area contributed by atoms with Gasteiger partial charge < -0.3 is 19.7 Å². The average molecular weight is 574 g/mol. The van der Waals surface area contributed by atoms with Gasteiger partial charge in [0.15, 0.2) is 11.6 Å². The van der Waals surface area contributed by atoms with E-state index in [0.717, 1.165) is 18.1 Å². The Hall–Kier alpha value is -3.02. The van der Waals surface area contributed by atoms with Crippen LogP contribution in [0.5, 0.6) is 0 Å². The highest BCUT2D eigenvalue weighted by Gasteiger charge is 2.46. The van der Waals surface area contributed by atoms with Gasteiger partial charge >= 0.3 is 0 Å². The summed E-state index contributed by atoms with van der Waals surface area (Å²) in [5.41, 5.74) is -0.137. The third-order valence-corrected chi connectivity index (χ3v) is 8.21. The van der Waals surface area contributed by atoms with Crippen molar-refractivity contribution in [1.29, 1.82) is 0 Å². The van der Waals surface area contributed by atoms with E-state index in [2.05, 4.69) is 10.4 Å². The fraction of sp³-hybridized carbons (Fsp3) is 0.567. The molecule has 0 saturated carbocycles. The van der Waals surface area contributed by atoms with Gasteiger partial charge in [-0.15, -0.1) is 0 Å². The zero-order chi connectivity index (χ0) is 29.1. The third-order valence-electron chi connectivity index (χ3n) is 8.21. The number of allylic oxidation sites excluding steroid dienone is 4. The lowest BCUT2D eigenvalue weighted by Crippen LogP contribution is -2.52. The van der Waals surface area contributed by atoms with Crippen molar-refractivity contribution in [3.8, 4) is 0 Å². The van der Waals surface area contributed by atoms with Gasteiger partial charge in [0.2, 0.25) is 0 Å². The molecule has 1 aromatic carbocycles. The fourth-order valence-electron chi connectivity index (χ4n) is 5.75. The predicted octanol–water partition coefficient (Wildman–Crippen LogP) is 4.69. The molecule has 0 bridgehead atoms. The van der Waals surface area contributed by atoms with Crippen molar-refractivity contribution in [3.05, 3.63) is 65.3 Å². The van der Waals surface area contributed by atoms with E-state index in [-0.39, 0.29) is 49.8 Å². The molecule has 3 heterocycles. The van der Waals surface area contributed by atoms with Crippen LogP contribution in [0.2, 0.25) is 0 Å². The number of aromatic nitrogens is 3. The van der Waals surface area contributed by atoms with Crippen molar-refractivity contribution >= 4 is 11.5 Å². The van der Waals surface area contributed by atoms with E-state index in [1.165, 1.54) is 7.11 Å². The summed E-state index contributed by atoms with van der Waals surface area (Å²) < 4.78 is 57.6. The Kier molecular flexibility index (Phi) is 8.96. The Morgan fingerprint density at radius 2 is 2.02 bits per heavy atom. The number of ether oxygens (including phenoxy) is 2. The van der Waals surface area contributed by atoms with Crippen LogP contribution >= 0.6 is 0 Å². The summed E-state index contributed by atoms with van der Waals surface area (Å²) in [6.07, 6.45) is 0.542. The van der Waals surface area contributed by atoms with Crippen LogP contribution in [0.1, 0.15) is 62.8 Å². The highest BCUT2D eigenvalue weighted by atomic mass is 19.1. The van der Waals surface area contributed by atoms with Crippen LogP contribution in [-0.2, 0) is 20.8 Å². The lowest BCUT2D eigenvalue weighted by atomic mass is 9.93. The molecular formula is C30H38F3N5O3. The van der Waals surface area contributed by atoms with Crippen LogP contribution in [0.15, 0.2) is 48.1 Å². The highest BCUT2D eigenvalue weighted by Crippen LogP contribution is 2.38. The highest BCUT2D eigenvalue weighted by molar-refractivity contribution is 5.82. The summed E-state index contributed by atoms with van der Waals surface area (Å²) in [6, 6.07) is 8.69. The number of carbonyl (C=O) groups excluding carboxylic acids is 1. The van der Waals surface area contributed by atoms with Crippen molar-refractivity contribution in [2.75, 3.05) is 33.4 Å². The van der Waals surface area contributed by atoms with Crippen molar-refractivity contribution < 1.29 is 27.4 Å². The quantitative estimate of drug-likeness (QED) is 0.445. The van der Waals surface area contributed by atoms with Gasteiger partial charge in [-0.25, -0.2) is 22.8 Å². The molecule has 1 aliphatic carbocycles. The summed E-state index contributed by atoms with van der Waals surface area (Å²) in [5, 5.41) is 7.72. The van der Waals surface area contributed by atoms with Gasteiger partial charge in [0, 0.05) is 52.1 Å². The maximum atomic E-state index is 15.0. The lowest BCUT2D eigenvalue weighted by Gasteiger charge is -2.42. The summed E-state index contributed by atoms with van der Waals surface area (Å²) >= 11 is 0. The number of amides is 1. The number of hydrogen-bond donors (Lipinski definition) is 1. The van der Waals surface area contributed by atoms with Crippen molar-refractivity contribution in [3.63, 3.8) is 0 Å². The van der Waals surface area contributed by atoms with E-state index < -0.39 is 41.5 Å². The molecule has 4 atom stereocenters. The van der Waals surface area contributed by atoms with Gasteiger partial charge in [0.1, 0.15) is 30.0 Å². The molecule has 41 heavy (non-hydrogen) atoms. The van der Waals surface area contributed by atoms with Gasteiger partial charge in [0.05, 0.1) is 17.7 Å². The van der Waals surface area contributed by atoms with Crippen LogP contribution < -0.4 is 5.32 Å². The number of alkyl halides is 1. The summed E-state index contributed by atoms with van der Waals surface area (Å²) in [4.78, 5) is 20.5. The maximum Gasteiger partial charge on any atom is 0.252 e. The number of nitrogens with zero attached hydrogens (tertiary/aromatic N) is 4. The van der Waals surface area contributed by atoms with Gasteiger partial charge in [-0.1, -0.05) is 30.3 Å². The minimum absolute atomic E-state index is 0.0170. The van der Waals surface area contributed by atoms with Crippen LogP contribution in [-0.4, -0.2) is 76.8 Å². The molecule has 0 radical (unpaired) electrons. The molecule has 11 heteroatoms. The number of benzene rings is 1. The van der Waals surface area contributed by atoms with E-state index in [1.54, 1.807) is 9.58 Å². The monoisotopic (exact) mass is 573 g/mol. The number of hydrogen-bond acceptors (Lipinski definition) is 6. The standard InChI is InChI=1S/C30H38F3N5O3/c1-30(2,40-3)26(37(18-20-15-34-16-24(20)33)29(39)25-10-7-13-41-25)28-35-27(22-14-21(31)11-12-23(22)32)36-38(28)17-19-8-5-4-6-9-19/h4-6,8-9,14,20,24-26,34H,7,10-13,15-18H2,1-3H3. The van der Waals surface area contributed by atoms with Crippen LogP contribution in [0.4, 0.5) is 13.2 Å². The minimum Gasteiger partial charge on any atom is -0.376 e. The van der Waals surface area contributed by atoms with Gasteiger partial charge in [0.25, 0.3) is 5.91 Å². The number of halogens is 3. The van der Waals surface area contributed by atoms with Gasteiger partial charge in [-0.05, 0) is 38.3 Å². The second-order valence-corrected chi connectivity index (χ2v) is 11.5. The Morgan fingerprint density at radius 3 is 2.68 bits per heavy atom.